The molecule has 0 bridgehead atoms. The van der Waals surface area contributed by atoms with Gasteiger partial charge in [0.2, 0.25) is 0 Å². The van der Waals surface area contributed by atoms with E-state index in [2.05, 4.69) is 6.07 Å². The van der Waals surface area contributed by atoms with Crippen LogP contribution in [-0.4, -0.2) is 11.9 Å². The lowest BCUT2D eigenvalue weighted by atomic mass is 10.1. The minimum atomic E-state index is -4.12. The molecule has 0 saturated heterocycles. The molecule has 0 amide bonds. The molecule has 0 radical (unpaired) electrons. The maximum atomic E-state index is 12.0. The summed E-state index contributed by atoms with van der Waals surface area (Å²) in [5.41, 5.74) is 1.07. The molecule has 17 heavy (non-hydrogen) atoms. The standard InChI is InChI=1S/C12H16F3NS/c13-12(14,15)7-8-17-11(9-16)10-5-3-1-2-4-6-10/h1-8H2. The van der Waals surface area contributed by atoms with Gasteiger partial charge in [0, 0.05) is 5.75 Å². The Labute approximate surface area is 104 Å². The van der Waals surface area contributed by atoms with Gasteiger partial charge in [0.1, 0.15) is 6.07 Å². The van der Waals surface area contributed by atoms with Crippen molar-refractivity contribution in [3.63, 3.8) is 0 Å². The van der Waals surface area contributed by atoms with Crippen LogP contribution in [0, 0.1) is 11.3 Å². The summed E-state index contributed by atoms with van der Waals surface area (Å²) in [4.78, 5) is 0.524. The Morgan fingerprint density at radius 2 is 1.76 bits per heavy atom. The van der Waals surface area contributed by atoms with Crippen molar-refractivity contribution in [2.75, 3.05) is 5.75 Å². The monoisotopic (exact) mass is 263 g/mol. The summed E-state index contributed by atoms with van der Waals surface area (Å²) in [5.74, 6) is -0.0457. The molecule has 0 aliphatic heterocycles. The Kier molecular flexibility index (Phi) is 5.90. The van der Waals surface area contributed by atoms with Gasteiger partial charge >= 0.3 is 6.18 Å². The van der Waals surface area contributed by atoms with Crippen LogP contribution >= 0.6 is 11.8 Å². The summed E-state index contributed by atoms with van der Waals surface area (Å²) >= 11 is 1.06. The summed E-state index contributed by atoms with van der Waals surface area (Å²) in [6.07, 6.45) is 1.24. The third-order valence-electron chi connectivity index (χ3n) is 2.76. The average Bonchev–Trinajstić information content (AvgIpc) is 2.51. The molecule has 1 aliphatic rings. The van der Waals surface area contributed by atoms with Gasteiger partial charge in [-0.05, 0) is 31.3 Å². The number of thioether (sulfide) groups is 1. The summed E-state index contributed by atoms with van der Waals surface area (Å²) in [6, 6.07) is 2.06. The highest BCUT2D eigenvalue weighted by Crippen LogP contribution is 2.32. The van der Waals surface area contributed by atoms with E-state index in [0.29, 0.717) is 4.91 Å². The third-order valence-corrected chi connectivity index (χ3v) is 3.84. The van der Waals surface area contributed by atoms with Crippen LogP contribution in [0.2, 0.25) is 0 Å². The number of hydrogen-bond acceptors (Lipinski definition) is 2. The van der Waals surface area contributed by atoms with Crippen molar-refractivity contribution in [3.05, 3.63) is 10.5 Å². The smallest absolute Gasteiger partial charge is 0.192 e. The van der Waals surface area contributed by atoms with Crippen LogP contribution in [0.3, 0.4) is 0 Å². The SMILES string of the molecule is N#CC(SCCC(F)(F)F)=C1CCCCCC1. The summed E-state index contributed by atoms with van der Waals surface area (Å²) in [5, 5.41) is 8.99. The largest absolute Gasteiger partial charge is 0.389 e. The van der Waals surface area contributed by atoms with Gasteiger partial charge in [-0.1, -0.05) is 12.8 Å². The van der Waals surface area contributed by atoms with Crippen molar-refractivity contribution in [2.45, 2.75) is 51.1 Å². The molecule has 0 atom stereocenters. The first-order chi connectivity index (χ1) is 8.03. The first kappa shape index (κ1) is 14.4. The molecule has 5 heteroatoms. The van der Waals surface area contributed by atoms with E-state index in [1.807, 2.05) is 0 Å². The zero-order chi connectivity index (χ0) is 12.7. The van der Waals surface area contributed by atoms with E-state index in [0.717, 1.165) is 55.9 Å². The first-order valence-electron chi connectivity index (χ1n) is 5.84. The number of rotatable bonds is 3. The number of hydrogen-bond donors (Lipinski definition) is 0. The number of nitriles is 1. The molecule has 0 heterocycles. The molecule has 1 saturated carbocycles. The molecule has 96 valence electrons. The predicted molar refractivity (Wildman–Crippen MR) is 63.5 cm³/mol. The van der Waals surface area contributed by atoms with Gasteiger partial charge in [0.15, 0.2) is 0 Å². The zero-order valence-electron chi connectivity index (χ0n) is 9.65. The fourth-order valence-electron chi connectivity index (χ4n) is 1.86. The Morgan fingerprint density at radius 1 is 1.18 bits per heavy atom. The number of nitrogens with zero attached hydrogens (tertiary/aromatic N) is 1. The lowest BCUT2D eigenvalue weighted by molar-refractivity contribution is -0.129. The van der Waals surface area contributed by atoms with Gasteiger partial charge in [-0.25, -0.2) is 0 Å². The second-order valence-corrected chi connectivity index (χ2v) is 5.28. The van der Waals surface area contributed by atoms with Crippen LogP contribution in [0.5, 0.6) is 0 Å². The zero-order valence-corrected chi connectivity index (χ0v) is 10.5. The van der Waals surface area contributed by atoms with Crippen molar-refractivity contribution in [3.8, 4) is 6.07 Å². The van der Waals surface area contributed by atoms with Crippen LogP contribution in [-0.2, 0) is 0 Å². The van der Waals surface area contributed by atoms with E-state index >= 15 is 0 Å². The minimum absolute atomic E-state index is 0.0457. The van der Waals surface area contributed by atoms with Crippen molar-refractivity contribution < 1.29 is 13.2 Å². The summed E-state index contributed by atoms with van der Waals surface area (Å²) in [6.45, 7) is 0. The van der Waals surface area contributed by atoms with Crippen LogP contribution in [0.1, 0.15) is 44.9 Å². The van der Waals surface area contributed by atoms with E-state index < -0.39 is 12.6 Å². The molecule has 0 unspecified atom stereocenters. The van der Waals surface area contributed by atoms with Gasteiger partial charge in [0.05, 0.1) is 11.3 Å². The molecule has 0 N–H and O–H groups in total. The van der Waals surface area contributed by atoms with E-state index in [9.17, 15) is 13.2 Å². The number of halogens is 3. The van der Waals surface area contributed by atoms with Crippen molar-refractivity contribution in [2.24, 2.45) is 0 Å². The lowest BCUT2D eigenvalue weighted by Crippen LogP contribution is -2.08. The molecular weight excluding hydrogens is 247 g/mol. The van der Waals surface area contributed by atoms with E-state index in [1.54, 1.807) is 0 Å². The molecule has 0 aromatic carbocycles. The van der Waals surface area contributed by atoms with Crippen LogP contribution < -0.4 is 0 Å². The quantitative estimate of drug-likeness (QED) is 0.539. The van der Waals surface area contributed by atoms with Crippen molar-refractivity contribution in [1.82, 2.24) is 0 Å². The summed E-state index contributed by atoms with van der Waals surface area (Å²) in [7, 11) is 0. The fourth-order valence-corrected chi connectivity index (χ4v) is 2.88. The highest BCUT2D eigenvalue weighted by Gasteiger charge is 2.26. The number of alkyl halides is 3. The van der Waals surface area contributed by atoms with E-state index in [-0.39, 0.29) is 5.75 Å². The van der Waals surface area contributed by atoms with E-state index in [1.165, 1.54) is 0 Å². The van der Waals surface area contributed by atoms with Gasteiger partial charge in [-0.2, -0.15) is 18.4 Å². The van der Waals surface area contributed by atoms with Crippen molar-refractivity contribution >= 4 is 11.8 Å². The van der Waals surface area contributed by atoms with Crippen LogP contribution in [0.4, 0.5) is 13.2 Å². The molecule has 0 spiro atoms. The second-order valence-electron chi connectivity index (χ2n) is 4.17. The fraction of sp³-hybridized carbons (Fsp3) is 0.750. The first-order valence-corrected chi connectivity index (χ1v) is 6.83. The molecule has 1 rings (SSSR count). The lowest BCUT2D eigenvalue weighted by Gasteiger charge is -2.08. The van der Waals surface area contributed by atoms with Gasteiger partial charge in [-0.3, -0.25) is 0 Å². The molecule has 0 aromatic heterocycles. The Morgan fingerprint density at radius 3 is 2.24 bits per heavy atom. The molecule has 1 nitrogen and oxygen atoms in total. The maximum absolute atomic E-state index is 12.0. The summed E-state index contributed by atoms with van der Waals surface area (Å²) < 4.78 is 36.0. The second kappa shape index (κ2) is 6.95. The predicted octanol–water partition coefficient (Wildman–Crippen LogP) is 4.80. The van der Waals surface area contributed by atoms with Crippen LogP contribution in [0.15, 0.2) is 10.5 Å². The third kappa shape index (κ3) is 6.02. The van der Waals surface area contributed by atoms with Gasteiger partial charge in [0.25, 0.3) is 0 Å². The molecular formula is C12H16F3NS. The molecule has 1 aliphatic carbocycles. The Bertz CT molecular complexity index is 305. The minimum Gasteiger partial charge on any atom is -0.192 e. The molecule has 0 aromatic rings. The van der Waals surface area contributed by atoms with Gasteiger partial charge in [-0.15, -0.1) is 11.8 Å². The Balaban J connectivity index is 2.52. The van der Waals surface area contributed by atoms with Gasteiger partial charge < -0.3 is 0 Å². The topological polar surface area (TPSA) is 23.8 Å². The Hall–Kier alpha value is -0.630. The van der Waals surface area contributed by atoms with Crippen LogP contribution in [0.25, 0.3) is 0 Å². The van der Waals surface area contributed by atoms with Crippen molar-refractivity contribution in [1.29, 1.82) is 5.26 Å². The van der Waals surface area contributed by atoms with E-state index in [4.69, 9.17) is 5.26 Å². The average molecular weight is 263 g/mol. The number of allylic oxidation sites excluding steroid dienone is 2. The molecule has 1 fully saturated rings. The maximum Gasteiger partial charge on any atom is 0.389 e. The highest BCUT2D eigenvalue weighted by molar-refractivity contribution is 8.03. The highest BCUT2D eigenvalue weighted by atomic mass is 32.2. The normalized spacial score (nSPS) is 17.4.